The lowest BCUT2D eigenvalue weighted by Crippen LogP contribution is -2.51. The molecule has 148 valence electrons. The number of hydrogen-bond acceptors (Lipinski definition) is 4. The van der Waals surface area contributed by atoms with Crippen molar-refractivity contribution in [1.82, 2.24) is 9.80 Å². The van der Waals surface area contributed by atoms with Crippen molar-refractivity contribution in [3.05, 3.63) is 35.9 Å². The molecule has 5 nitrogen and oxygen atoms in total. The van der Waals surface area contributed by atoms with Gasteiger partial charge in [-0.2, -0.15) is 0 Å². The minimum Gasteiger partial charge on any atom is -0.496 e. The molecule has 0 N–H and O–H groups in total. The summed E-state index contributed by atoms with van der Waals surface area (Å²) in [6.07, 6.45) is 5.83. The van der Waals surface area contributed by atoms with E-state index in [2.05, 4.69) is 17.5 Å². The zero-order chi connectivity index (χ0) is 19.4. The number of benzene rings is 1. The zero-order valence-electron chi connectivity index (χ0n) is 16.9. The van der Waals surface area contributed by atoms with E-state index in [0.29, 0.717) is 13.0 Å². The molecule has 0 unspecified atom stereocenters. The molecule has 3 rings (SSSR count). The summed E-state index contributed by atoms with van der Waals surface area (Å²) in [4.78, 5) is 16.6. The van der Waals surface area contributed by atoms with Crippen LogP contribution in [0.25, 0.3) is 0 Å². The fourth-order valence-electron chi connectivity index (χ4n) is 4.62. The molecule has 0 atom stereocenters. The lowest BCUT2D eigenvalue weighted by Gasteiger charge is -2.47. The highest BCUT2D eigenvalue weighted by Gasteiger charge is 2.40. The first kappa shape index (κ1) is 19.7. The number of rotatable bonds is 6. The summed E-state index contributed by atoms with van der Waals surface area (Å²) < 4.78 is 11.1. The van der Waals surface area contributed by atoms with Crippen LogP contribution in [0.4, 0.5) is 0 Å². The van der Waals surface area contributed by atoms with Gasteiger partial charge in [0.2, 0.25) is 5.91 Å². The largest absolute Gasteiger partial charge is 0.496 e. The number of likely N-dealkylation sites (tertiary alicyclic amines) is 2. The van der Waals surface area contributed by atoms with E-state index in [4.69, 9.17) is 9.47 Å². The Labute approximate surface area is 162 Å². The molecule has 2 saturated heterocycles. The molecular formula is C22H32N2O3. The van der Waals surface area contributed by atoms with Crippen LogP contribution in [0.3, 0.4) is 0 Å². The number of amides is 1. The average Bonchev–Trinajstić information content (AvgIpc) is 2.67. The number of nitrogens with zero attached hydrogens (tertiary/aromatic N) is 2. The van der Waals surface area contributed by atoms with E-state index in [-0.39, 0.29) is 11.3 Å². The van der Waals surface area contributed by atoms with Crippen molar-refractivity contribution in [1.29, 1.82) is 0 Å². The Kier molecular flexibility index (Phi) is 6.10. The Balaban J connectivity index is 1.64. The number of carbonyl (C=O) groups is 1. The second-order valence-corrected chi connectivity index (χ2v) is 7.92. The monoisotopic (exact) mass is 372 g/mol. The van der Waals surface area contributed by atoms with Gasteiger partial charge >= 0.3 is 0 Å². The second kappa shape index (κ2) is 8.34. The molecule has 5 heteroatoms. The molecule has 1 aromatic carbocycles. The van der Waals surface area contributed by atoms with Crippen LogP contribution >= 0.6 is 0 Å². The predicted molar refractivity (Wildman–Crippen MR) is 107 cm³/mol. The molecule has 2 aliphatic rings. The molecule has 0 radical (unpaired) electrons. The van der Waals surface area contributed by atoms with Crippen molar-refractivity contribution in [3.8, 4) is 11.5 Å². The summed E-state index contributed by atoms with van der Waals surface area (Å²) in [5, 5.41) is 0. The van der Waals surface area contributed by atoms with Gasteiger partial charge in [0.25, 0.3) is 0 Å². The van der Waals surface area contributed by atoms with Crippen LogP contribution in [-0.4, -0.2) is 56.1 Å². The average molecular weight is 373 g/mol. The van der Waals surface area contributed by atoms with Crippen LogP contribution in [0.2, 0.25) is 0 Å². The van der Waals surface area contributed by atoms with Gasteiger partial charge in [-0.05, 0) is 50.8 Å². The summed E-state index contributed by atoms with van der Waals surface area (Å²) in [7, 11) is 3.42. The second-order valence-electron chi connectivity index (χ2n) is 7.92. The van der Waals surface area contributed by atoms with Crippen molar-refractivity contribution in [2.24, 2.45) is 5.41 Å². The van der Waals surface area contributed by atoms with Crippen LogP contribution < -0.4 is 9.47 Å². The van der Waals surface area contributed by atoms with Crippen LogP contribution in [-0.2, 0) is 11.3 Å². The van der Waals surface area contributed by atoms with E-state index in [1.165, 1.54) is 5.56 Å². The van der Waals surface area contributed by atoms with Gasteiger partial charge in [0.05, 0.1) is 14.2 Å². The summed E-state index contributed by atoms with van der Waals surface area (Å²) >= 11 is 0. The van der Waals surface area contributed by atoms with Crippen LogP contribution in [0.15, 0.2) is 24.8 Å². The quantitative estimate of drug-likeness (QED) is 0.718. The summed E-state index contributed by atoms with van der Waals surface area (Å²) in [6, 6.07) is 4.14. The maximum Gasteiger partial charge on any atom is 0.222 e. The van der Waals surface area contributed by atoms with Crippen LogP contribution in [0.1, 0.15) is 36.8 Å². The third-order valence-corrected chi connectivity index (χ3v) is 6.27. The van der Waals surface area contributed by atoms with E-state index < -0.39 is 0 Å². The maximum atomic E-state index is 12.1. The highest BCUT2D eigenvalue weighted by Crippen LogP contribution is 2.41. The van der Waals surface area contributed by atoms with E-state index in [9.17, 15) is 4.79 Å². The first-order chi connectivity index (χ1) is 13.0. The smallest absolute Gasteiger partial charge is 0.222 e. The van der Waals surface area contributed by atoms with Crippen molar-refractivity contribution in [2.45, 2.75) is 39.2 Å². The maximum absolute atomic E-state index is 12.1. The Morgan fingerprint density at radius 3 is 2.56 bits per heavy atom. The first-order valence-electron chi connectivity index (χ1n) is 9.83. The fourth-order valence-corrected chi connectivity index (χ4v) is 4.62. The lowest BCUT2D eigenvalue weighted by atomic mass is 9.72. The van der Waals surface area contributed by atoms with Crippen LogP contribution in [0.5, 0.6) is 11.5 Å². The third kappa shape index (κ3) is 4.13. The first-order valence-corrected chi connectivity index (χ1v) is 9.83. The summed E-state index contributed by atoms with van der Waals surface area (Å²) in [5.74, 6) is 2.07. The van der Waals surface area contributed by atoms with E-state index in [1.54, 1.807) is 14.2 Å². The normalized spacial score (nSPS) is 20.0. The molecule has 2 fully saturated rings. The Morgan fingerprint density at radius 1 is 1.19 bits per heavy atom. The molecule has 0 aliphatic carbocycles. The number of methoxy groups -OCH3 is 2. The van der Waals surface area contributed by atoms with Gasteiger partial charge < -0.3 is 14.4 Å². The fraction of sp³-hybridized carbons (Fsp3) is 0.591. The molecule has 2 heterocycles. The Hall–Kier alpha value is -2.01. The topological polar surface area (TPSA) is 42.0 Å². The standard InChI is InChI=1S/C22H32N2O3/c1-5-12-24-16-22(9-8-20(24)25)10-13-23(14-11-22)15-18-6-7-19(26-3)17(2)21(18)27-4/h5-7H,1,8-16H2,2-4H3. The number of hydrogen-bond donors (Lipinski definition) is 0. The highest BCUT2D eigenvalue weighted by molar-refractivity contribution is 5.77. The summed E-state index contributed by atoms with van der Waals surface area (Å²) in [6.45, 7) is 10.4. The third-order valence-electron chi connectivity index (χ3n) is 6.27. The van der Waals surface area contributed by atoms with Gasteiger partial charge in [-0.1, -0.05) is 12.1 Å². The van der Waals surface area contributed by atoms with Crippen LogP contribution in [0, 0.1) is 12.3 Å². The Morgan fingerprint density at radius 2 is 1.93 bits per heavy atom. The van der Waals surface area contributed by atoms with Crippen molar-refractivity contribution in [2.75, 3.05) is 40.4 Å². The van der Waals surface area contributed by atoms with Crippen molar-refractivity contribution < 1.29 is 14.3 Å². The molecule has 1 spiro atoms. The summed E-state index contributed by atoms with van der Waals surface area (Å²) in [5.41, 5.74) is 2.54. The Bertz CT molecular complexity index is 693. The SMILES string of the molecule is C=CCN1CC2(CCC1=O)CCN(Cc1ccc(OC)c(C)c1OC)CC2. The molecule has 1 amide bonds. The number of ether oxygens (including phenoxy) is 2. The van der Waals surface area contributed by atoms with Crippen molar-refractivity contribution in [3.63, 3.8) is 0 Å². The minimum atomic E-state index is 0.279. The molecule has 2 aliphatic heterocycles. The van der Waals surface area contributed by atoms with E-state index >= 15 is 0 Å². The van der Waals surface area contributed by atoms with E-state index in [1.807, 2.05) is 24.0 Å². The van der Waals surface area contributed by atoms with Gasteiger partial charge in [0.1, 0.15) is 11.5 Å². The van der Waals surface area contributed by atoms with Crippen molar-refractivity contribution >= 4 is 5.91 Å². The van der Waals surface area contributed by atoms with Gasteiger partial charge in [0.15, 0.2) is 0 Å². The van der Waals surface area contributed by atoms with Gasteiger partial charge in [-0.25, -0.2) is 0 Å². The predicted octanol–water partition coefficient (Wildman–Crippen LogP) is 3.40. The highest BCUT2D eigenvalue weighted by atomic mass is 16.5. The molecular weight excluding hydrogens is 340 g/mol. The lowest BCUT2D eigenvalue weighted by molar-refractivity contribution is -0.138. The van der Waals surface area contributed by atoms with Gasteiger partial charge in [-0.3, -0.25) is 9.69 Å². The van der Waals surface area contributed by atoms with Gasteiger partial charge in [0, 0.05) is 37.2 Å². The van der Waals surface area contributed by atoms with Gasteiger partial charge in [-0.15, -0.1) is 6.58 Å². The molecule has 0 bridgehead atoms. The molecule has 1 aromatic rings. The number of piperidine rings is 2. The van der Waals surface area contributed by atoms with E-state index in [0.717, 1.165) is 62.5 Å². The number of carbonyl (C=O) groups excluding carboxylic acids is 1. The minimum absolute atomic E-state index is 0.279. The molecule has 27 heavy (non-hydrogen) atoms. The molecule has 0 saturated carbocycles. The zero-order valence-corrected chi connectivity index (χ0v) is 16.9. The molecule has 0 aromatic heterocycles.